The van der Waals surface area contributed by atoms with Crippen LogP contribution in [-0.2, 0) is 9.59 Å². The third-order valence-electron chi connectivity index (χ3n) is 5.67. The summed E-state index contributed by atoms with van der Waals surface area (Å²) < 4.78 is 0.216. The summed E-state index contributed by atoms with van der Waals surface area (Å²) in [4.78, 5) is 24.1. The fraction of sp³-hybridized carbons (Fsp3) is 0.840. The molecular weight excluding hydrogens is 382 g/mol. The standard InChI is InChI=1S/C25H48NO2.ClH/c1-5-7-8-9-10-11-12-13-14-15-16-17-18-19-20-21-24(27)23-25(28)26(3,4)22-6-2;/h6H,2,5,7-23H2,1,3-4H3;1H/q+1;/p-1. The molecule has 0 saturated heterocycles. The van der Waals surface area contributed by atoms with Crippen LogP contribution in [0.15, 0.2) is 12.7 Å². The Kier molecular flexibility index (Phi) is 21.7. The minimum Gasteiger partial charge on any atom is -1.00 e. The molecule has 3 nitrogen and oxygen atoms in total. The van der Waals surface area contributed by atoms with Gasteiger partial charge < -0.3 is 12.4 Å². The van der Waals surface area contributed by atoms with Crippen molar-refractivity contribution in [3.8, 4) is 0 Å². The van der Waals surface area contributed by atoms with Gasteiger partial charge in [0.25, 0.3) is 0 Å². The Morgan fingerprint density at radius 1 is 0.724 bits per heavy atom. The van der Waals surface area contributed by atoms with E-state index in [0.717, 1.165) is 12.8 Å². The zero-order chi connectivity index (χ0) is 21.1. The number of halogens is 1. The van der Waals surface area contributed by atoms with Gasteiger partial charge in [-0.05, 0) is 12.5 Å². The van der Waals surface area contributed by atoms with Gasteiger partial charge >= 0.3 is 5.91 Å². The third kappa shape index (κ3) is 19.1. The lowest BCUT2D eigenvalue weighted by atomic mass is 10.0. The molecule has 0 aliphatic carbocycles. The molecule has 29 heavy (non-hydrogen) atoms. The first-order valence-electron chi connectivity index (χ1n) is 11.9. The first-order chi connectivity index (χ1) is 13.4. The van der Waals surface area contributed by atoms with Gasteiger partial charge in [-0.2, -0.15) is 0 Å². The lowest BCUT2D eigenvalue weighted by Gasteiger charge is -2.24. The summed E-state index contributed by atoms with van der Waals surface area (Å²) in [5.41, 5.74) is 0. The second kappa shape index (κ2) is 20.6. The Bertz CT molecular complexity index is 421. The van der Waals surface area contributed by atoms with Gasteiger partial charge in [0.2, 0.25) is 0 Å². The molecular formula is C25H48ClNO2. The minimum absolute atomic E-state index is 0. The van der Waals surface area contributed by atoms with E-state index in [1.165, 1.54) is 83.5 Å². The quantitative estimate of drug-likeness (QED) is 0.127. The topological polar surface area (TPSA) is 34.1 Å². The summed E-state index contributed by atoms with van der Waals surface area (Å²) in [6.07, 6.45) is 22.2. The van der Waals surface area contributed by atoms with Crippen molar-refractivity contribution in [1.29, 1.82) is 0 Å². The van der Waals surface area contributed by atoms with Crippen LogP contribution in [0.2, 0.25) is 0 Å². The summed E-state index contributed by atoms with van der Waals surface area (Å²) in [6, 6.07) is 0. The van der Waals surface area contributed by atoms with E-state index in [0.29, 0.717) is 13.0 Å². The number of ketones is 1. The lowest BCUT2D eigenvalue weighted by molar-refractivity contribution is -0.807. The molecule has 0 spiro atoms. The van der Waals surface area contributed by atoms with Gasteiger partial charge in [-0.25, -0.2) is 4.79 Å². The Labute approximate surface area is 187 Å². The number of quaternary nitrogens is 1. The van der Waals surface area contributed by atoms with Crippen LogP contribution in [0.3, 0.4) is 0 Å². The van der Waals surface area contributed by atoms with Crippen LogP contribution in [0.25, 0.3) is 0 Å². The second-order valence-corrected chi connectivity index (χ2v) is 8.97. The van der Waals surface area contributed by atoms with Crippen LogP contribution >= 0.6 is 0 Å². The smallest absolute Gasteiger partial charge is 0.321 e. The zero-order valence-electron chi connectivity index (χ0n) is 19.7. The fourth-order valence-corrected chi connectivity index (χ4v) is 3.59. The molecule has 0 atom stereocenters. The van der Waals surface area contributed by atoms with Crippen LogP contribution in [0, 0.1) is 0 Å². The average Bonchev–Trinajstić information content (AvgIpc) is 2.64. The summed E-state index contributed by atoms with van der Waals surface area (Å²) in [5, 5.41) is 0. The number of hydrogen-bond donors (Lipinski definition) is 0. The summed E-state index contributed by atoms with van der Waals surface area (Å²) in [5.74, 6) is 0.0841. The maximum absolute atomic E-state index is 12.1. The van der Waals surface area contributed by atoms with Gasteiger partial charge in [0.15, 0.2) is 0 Å². The molecule has 0 aromatic heterocycles. The predicted octanol–water partition coefficient (Wildman–Crippen LogP) is 4.00. The average molecular weight is 430 g/mol. The van der Waals surface area contributed by atoms with Crippen molar-refractivity contribution in [2.24, 2.45) is 0 Å². The zero-order valence-corrected chi connectivity index (χ0v) is 20.4. The van der Waals surface area contributed by atoms with E-state index in [9.17, 15) is 9.59 Å². The van der Waals surface area contributed by atoms with Gasteiger partial charge in [0.1, 0.15) is 18.7 Å². The van der Waals surface area contributed by atoms with Crippen LogP contribution < -0.4 is 12.4 Å². The molecule has 0 fully saturated rings. The minimum atomic E-state index is -0.00846. The maximum atomic E-state index is 12.1. The first kappa shape index (κ1) is 30.5. The van der Waals surface area contributed by atoms with Crippen molar-refractivity contribution in [1.82, 2.24) is 0 Å². The predicted molar refractivity (Wildman–Crippen MR) is 121 cm³/mol. The largest absolute Gasteiger partial charge is 1.00 e. The van der Waals surface area contributed by atoms with E-state index in [-0.39, 0.29) is 35.0 Å². The molecule has 0 aliphatic heterocycles. The Hall–Kier alpha value is -0.670. The highest BCUT2D eigenvalue weighted by Crippen LogP contribution is 2.14. The van der Waals surface area contributed by atoms with E-state index >= 15 is 0 Å². The number of rotatable bonds is 20. The number of carbonyl (C=O) groups excluding carboxylic acids is 2. The molecule has 0 saturated carbocycles. The molecule has 0 N–H and O–H groups in total. The normalized spacial score (nSPS) is 11.1. The number of nitrogens with zero attached hydrogens (tertiary/aromatic N) is 1. The van der Waals surface area contributed by atoms with Crippen molar-refractivity contribution in [2.75, 3.05) is 20.6 Å². The van der Waals surface area contributed by atoms with Crippen LogP contribution in [-0.4, -0.2) is 36.8 Å². The van der Waals surface area contributed by atoms with Gasteiger partial charge in [-0.3, -0.25) is 9.28 Å². The molecule has 0 aliphatic rings. The highest BCUT2D eigenvalue weighted by atomic mass is 35.5. The summed E-state index contributed by atoms with van der Waals surface area (Å²) in [7, 11) is 3.68. The SMILES string of the molecule is C=CC[N+](C)(C)C(=O)CC(=O)CCCCCCCCCCCCCCCCC.[Cl-]. The number of amides is 1. The van der Waals surface area contributed by atoms with Crippen LogP contribution in [0.1, 0.15) is 116 Å². The summed E-state index contributed by atoms with van der Waals surface area (Å²) >= 11 is 0. The maximum Gasteiger partial charge on any atom is 0.321 e. The molecule has 1 amide bonds. The van der Waals surface area contributed by atoms with Crippen molar-refractivity contribution in [2.45, 2.75) is 116 Å². The fourth-order valence-electron chi connectivity index (χ4n) is 3.59. The lowest BCUT2D eigenvalue weighted by Crippen LogP contribution is -3.00. The number of hydrogen-bond acceptors (Lipinski definition) is 2. The first-order valence-corrected chi connectivity index (χ1v) is 11.9. The van der Waals surface area contributed by atoms with Crippen molar-refractivity contribution in [3.05, 3.63) is 12.7 Å². The molecule has 0 aromatic carbocycles. The van der Waals surface area contributed by atoms with E-state index in [1.807, 2.05) is 14.1 Å². The molecule has 0 aromatic rings. The molecule has 4 heteroatoms. The van der Waals surface area contributed by atoms with Crippen LogP contribution in [0.5, 0.6) is 0 Å². The molecule has 0 heterocycles. The number of carbonyl (C=O) groups is 2. The molecule has 0 bridgehead atoms. The van der Waals surface area contributed by atoms with Gasteiger partial charge in [-0.1, -0.05) is 103 Å². The molecule has 172 valence electrons. The van der Waals surface area contributed by atoms with Gasteiger partial charge in [0.05, 0.1) is 14.1 Å². The number of unbranched alkanes of at least 4 members (excludes halogenated alkanes) is 14. The Morgan fingerprint density at radius 3 is 1.48 bits per heavy atom. The van der Waals surface area contributed by atoms with Crippen molar-refractivity contribution >= 4 is 11.7 Å². The highest BCUT2D eigenvalue weighted by molar-refractivity contribution is 5.95. The molecule has 0 radical (unpaired) electrons. The number of likely N-dealkylation sites (N-methyl/N-ethyl adjacent to an activating group) is 1. The Morgan fingerprint density at radius 2 is 1.10 bits per heavy atom. The second-order valence-electron chi connectivity index (χ2n) is 8.97. The molecule has 0 rings (SSSR count). The van der Waals surface area contributed by atoms with Gasteiger partial charge in [0, 0.05) is 6.42 Å². The number of Topliss-reactive ketones (excluding diaryl/α,β-unsaturated/α-hetero) is 1. The molecule has 0 unspecified atom stereocenters. The monoisotopic (exact) mass is 429 g/mol. The van der Waals surface area contributed by atoms with Gasteiger partial charge in [-0.15, -0.1) is 0 Å². The highest BCUT2D eigenvalue weighted by Gasteiger charge is 2.26. The van der Waals surface area contributed by atoms with Crippen molar-refractivity contribution < 1.29 is 26.5 Å². The van der Waals surface area contributed by atoms with Crippen molar-refractivity contribution in [3.63, 3.8) is 0 Å². The summed E-state index contributed by atoms with van der Waals surface area (Å²) in [6.45, 7) is 6.52. The van der Waals surface area contributed by atoms with E-state index in [1.54, 1.807) is 6.08 Å². The van der Waals surface area contributed by atoms with Crippen LogP contribution in [0.4, 0.5) is 0 Å². The van der Waals surface area contributed by atoms with E-state index in [4.69, 9.17) is 0 Å². The third-order valence-corrected chi connectivity index (χ3v) is 5.67. The van der Waals surface area contributed by atoms with E-state index < -0.39 is 0 Å². The van der Waals surface area contributed by atoms with E-state index in [2.05, 4.69) is 13.5 Å². The Balaban J connectivity index is 0.